The molecule has 1 atom stereocenters. The van der Waals surface area contributed by atoms with Gasteiger partial charge < -0.3 is 14.2 Å². The van der Waals surface area contributed by atoms with E-state index in [-0.39, 0.29) is 18.8 Å². The zero-order chi connectivity index (χ0) is 19.3. The number of rotatable bonds is 8. The molecule has 0 aromatic carbocycles. The third-order valence-corrected chi connectivity index (χ3v) is 4.97. The van der Waals surface area contributed by atoms with Crippen molar-refractivity contribution in [2.45, 2.75) is 33.2 Å². The molecule has 0 aliphatic heterocycles. The zero-order valence-corrected chi connectivity index (χ0v) is 16.1. The van der Waals surface area contributed by atoms with Crippen LogP contribution in [0, 0.1) is 6.92 Å². The van der Waals surface area contributed by atoms with E-state index in [0.29, 0.717) is 33.7 Å². The number of thiophene rings is 1. The fourth-order valence-corrected chi connectivity index (χ4v) is 3.36. The lowest BCUT2D eigenvalue weighted by atomic mass is 10.2. The molecule has 0 fully saturated rings. The second-order valence-electron chi connectivity index (χ2n) is 5.67. The quantitative estimate of drug-likeness (QED) is 0.509. The summed E-state index contributed by atoms with van der Waals surface area (Å²) >= 11 is 1.09. The minimum Gasteiger partial charge on any atom is -0.464 e. The van der Waals surface area contributed by atoms with Crippen molar-refractivity contribution in [1.82, 2.24) is 9.55 Å². The van der Waals surface area contributed by atoms with Gasteiger partial charge in [-0.05, 0) is 25.8 Å². The smallest absolute Gasteiger partial charge is 0.348 e. The van der Waals surface area contributed by atoms with Crippen molar-refractivity contribution < 1.29 is 23.8 Å². The van der Waals surface area contributed by atoms with Crippen molar-refractivity contribution in [2.75, 3.05) is 26.9 Å². The number of methoxy groups -OCH3 is 1. The van der Waals surface area contributed by atoms with Crippen LogP contribution < -0.4 is 5.56 Å². The summed E-state index contributed by atoms with van der Waals surface area (Å²) in [6.45, 7) is 5.84. The summed E-state index contributed by atoms with van der Waals surface area (Å²) in [6, 6.07) is -0.803. The van der Waals surface area contributed by atoms with E-state index in [0.717, 1.165) is 11.3 Å². The Morgan fingerprint density at radius 1 is 1.27 bits per heavy atom. The lowest BCUT2D eigenvalue weighted by Crippen LogP contribution is -2.29. The number of hydrogen-bond donors (Lipinski definition) is 0. The normalized spacial score (nSPS) is 12.2. The van der Waals surface area contributed by atoms with Gasteiger partial charge in [0.15, 0.2) is 0 Å². The van der Waals surface area contributed by atoms with Crippen molar-refractivity contribution in [3.8, 4) is 0 Å². The lowest BCUT2D eigenvalue weighted by molar-refractivity contribution is -0.147. The summed E-state index contributed by atoms with van der Waals surface area (Å²) in [5.74, 6) is -1.02. The molecule has 0 spiro atoms. The largest absolute Gasteiger partial charge is 0.464 e. The fraction of sp³-hybridized carbons (Fsp3) is 0.529. The van der Waals surface area contributed by atoms with E-state index in [9.17, 15) is 14.4 Å². The minimum absolute atomic E-state index is 0.126. The highest BCUT2D eigenvalue weighted by atomic mass is 32.1. The summed E-state index contributed by atoms with van der Waals surface area (Å²) in [5, 5.41) is 0.311. The van der Waals surface area contributed by atoms with Crippen LogP contribution in [0.25, 0.3) is 10.2 Å². The van der Waals surface area contributed by atoms with Gasteiger partial charge in [0.05, 0.1) is 24.9 Å². The Kier molecular flexibility index (Phi) is 6.87. The molecule has 26 heavy (non-hydrogen) atoms. The van der Waals surface area contributed by atoms with E-state index in [4.69, 9.17) is 14.2 Å². The summed E-state index contributed by atoms with van der Waals surface area (Å²) in [5.41, 5.74) is 0.106. The minimum atomic E-state index is -0.803. The van der Waals surface area contributed by atoms with Gasteiger partial charge in [-0.15, -0.1) is 11.3 Å². The van der Waals surface area contributed by atoms with Crippen LogP contribution in [0.3, 0.4) is 0 Å². The van der Waals surface area contributed by atoms with Gasteiger partial charge in [0.1, 0.15) is 22.4 Å². The number of nitrogens with zero attached hydrogens (tertiary/aromatic N) is 2. The predicted octanol–water partition coefficient (Wildman–Crippen LogP) is 2.08. The molecular weight excluding hydrogens is 360 g/mol. The second kappa shape index (κ2) is 8.91. The van der Waals surface area contributed by atoms with Crippen molar-refractivity contribution in [2.24, 2.45) is 0 Å². The third-order valence-electron chi connectivity index (χ3n) is 3.79. The Bertz CT molecular complexity index is 857. The van der Waals surface area contributed by atoms with E-state index in [2.05, 4.69) is 4.98 Å². The van der Waals surface area contributed by atoms with Crippen molar-refractivity contribution in [1.29, 1.82) is 0 Å². The van der Waals surface area contributed by atoms with Crippen molar-refractivity contribution in [3.63, 3.8) is 0 Å². The molecule has 0 bridgehead atoms. The number of hydrogen-bond acceptors (Lipinski definition) is 8. The van der Waals surface area contributed by atoms with Crippen molar-refractivity contribution >= 4 is 33.5 Å². The Hall–Kier alpha value is -2.26. The van der Waals surface area contributed by atoms with E-state index in [1.807, 2.05) is 6.92 Å². The lowest BCUT2D eigenvalue weighted by Gasteiger charge is -2.13. The summed E-state index contributed by atoms with van der Waals surface area (Å²) in [4.78, 5) is 42.0. The van der Waals surface area contributed by atoms with Crippen LogP contribution in [0.2, 0.25) is 0 Å². The van der Waals surface area contributed by atoms with Gasteiger partial charge in [-0.1, -0.05) is 6.92 Å². The summed E-state index contributed by atoms with van der Waals surface area (Å²) < 4.78 is 16.3. The molecule has 0 aliphatic rings. The maximum absolute atomic E-state index is 12.8. The number of esters is 2. The van der Waals surface area contributed by atoms with Crippen LogP contribution in [-0.2, 0) is 19.0 Å². The Morgan fingerprint density at radius 3 is 2.65 bits per heavy atom. The molecule has 0 aliphatic carbocycles. The molecular formula is C17H22N2O6S. The highest BCUT2D eigenvalue weighted by Gasteiger charge is 2.24. The Morgan fingerprint density at radius 2 is 2.00 bits per heavy atom. The number of carbonyl (C=O) groups is 2. The van der Waals surface area contributed by atoms with E-state index < -0.39 is 18.0 Å². The summed E-state index contributed by atoms with van der Waals surface area (Å²) in [7, 11) is 1.51. The van der Waals surface area contributed by atoms with Gasteiger partial charge in [0, 0.05) is 7.11 Å². The predicted molar refractivity (Wildman–Crippen MR) is 96.7 cm³/mol. The van der Waals surface area contributed by atoms with Crippen LogP contribution in [0.4, 0.5) is 0 Å². The maximum Gasteiger partial charge on any atom is 0.348 e. The molecule has 0 saturated heterocycles. The molecule has 0 unspecified atom stereocenters. The van der Waals surface area contributed by atoms with E-state index in [1.54, 1.807) is 13.8 Å². The first-order valence-corrected chi connectivity index (χ1v) is 9.06. The molecule has 2 aromatic rings. The molecule has 2 aromatic heterocycles. The topological polar surface area (TPSA) is 96.7 Å². The first-order valence-electron chi connectivity index (χ1n) is 8.25. The Labute approximate surface area is 154 Å². The number of aryl methyl sites for hydroxylation is 1. The molecule has 0 amide bonds. The monoisotopic (exact) mass is 382 g/mol. The molecule has 2 heterocycles. The van der Waals surface area contributed by atoms with Gasteiger partial charge >= 0.3 is 11.9 Å². The molecule has 2 rings (SSSR count). The van der Waals surface area contributed by atoms with E-state index >= 15 is 0 Å². The number of fused-ring (bicyclic) bond motifs is 1. The first kappa shape index (κ1) is 20.1. The zero-order valence-electron chi connectivity index (χ0n) is 15.2. The van der Waals surface area contributed by atoms with Gasteiger partial charge in [-0.3, -0.25) is 9.36 Å². The van der Waals surface area contributed by atoms with E-state index in [1.165, 1.54) is 18.0 Å². The standard InChI is InChI=1S/C17H22N2O6S/c1-5-6-24-16(21)11(3)19-9-18-14-12(15(19)20)10(2)13(26-14)17(22)25-8-7-23-4/h9,11H,5-8H2,1-4H3/t11-/m0/s1. The van der Waals surface area contributed by atoms with Crippen LogP contribution in [0.15, 0.2) is 11.1 Å². The van der Waals surface area contributed by atoms with Crippen LogP contribution >= 0.6 is 11.3 Å². The molecule has 142 valence electrons. The molecule has 0 N–H and O–H groups in total. The third kappa shape index (κ3) is 4.10. The number of aromatic nitrogens is 2. The SMILES string of the molecule is CCCOC(=O)[C@H](C)n1cnc2sc(C(=O)OCCOC)c(C)c2c1=O. The highest BCUT2D eigenvalue weighted by Crippen LogP contribution is 2.27. The van der Waals surface area contributed by atoms with Gasteiger partial charge in [-0.2, -0.15) is 0 Å². The number of carbonyl (C=O) groups excluding carboxylic acids is 2. The fourth-order valence-electron chi connectivity index (χ4n) is 2.33. The highest BCUT2D eigenvalue weighted by molar-refractivity contribution is 7.20. The van der Waals surface area contributed by atoms with Crippen LogP contribution in [0.5, 0.6) is 0 Å². The first-order chi connectivity index (χ1) is 12.4. The van der Waals surface area contributed by atoms with Gasteiger partial charge in [-0.25, -0.2) is 14.6 Å². The molecule has 8 nitrogen and oxygen atoms in total. The van der Waals surface area contributed by atoms with Crippen LogP contribution in [-0.4, -0.2) is 48.4 Å². The average Bonchev–Trinajstić information content (AvgIpc) is 2.97. The average molecular weight is 382 g/mol. The molecule has 0 radical (unpaired) electrons. The van der Waals surface area contributed by atoms with Gasteiger partial charge in [0.25, 0.3) is 5.56 Å². The molecule has 9 heteroatoms. The van der Waals surface area contributed by atoms with Crippen LogP contribution in [0.1, 0.15) is 41.5 Å². The van der Waals surface area contributed by atoms with Gasteiger partial charge in [0.2, 0.25) is 0 Å². The summed E-state index contributed by atoms with van der Waals surface area (Å²) in [6.07, 6.45) is 2.00. The molecule has 0 saturated carbocycles. The van der Waals surface area contributed by atoms with Crippen molar-refractivity contribution in [3.05, 3.63) is 27.1 Å². The second-order valence-corrected chi connectivity index (χ2v) is 6.66. The number of ether oxygens (including phenoxy) is 3. The maximum atomic E-state index is 12.8. The Balaban J connectivity index is 2.36.